The van der Waals surface area contributed by atoms with E-state index in [1.165, 1.54) is 17.0 Å². The minimum atomic E-state index is -2.81. The number of carbonyl (C=O) groups is 2. The van der Waals surface area contributed by atoms with Crippen LogP contribution in [0.15, 0.2) is 18.2 Å². The van der Waals surface area contributed by atoms with E-state index < -0.39 is 18.4 Å². The van der Waals surface area contributed by atoms with E-state index in [0.29, 0.717) is 37.8 Å². The van der Waals surface area contributed by atoms with Crippen molar-refractivity contribution in [1.29, 1.82) is 0 Å². The molecule has 7 nitrogen and oxygen atoms in total. The molecule has 2 amide bonds. The predicted molar refractivity (Wildman–Crippen MR) is 108 cm³/mol. The minimum absolute atomic E-state index is 0.0218. The van der Waals surface area contributed by atoms with Gasteiger partial charge in [-0.1, -0.05) is 20.8 Å². The van der Waals surface area contributed by atoms with Gasteiger partial charge in [0.25, 0.3) is 12.3 Å². The fourth-order valence-electron chi connectivity index (χ4n) is 3.39. The predicted octanol–water partition coefficient (Wildman–Crippen LogP) is 2.23. The highest BCUT2D eigenvalue weighted by molar-refractivity contribution is 5.97. The Hall–Kier alpha value is -2.10. The summed E-state index contributed by atoms with van der Waals surface area (Å²) in [6, 6.07) is 3.58. The number of alkyl halides is 2. The number of likely N-dealkylation sites (N-methyl/N-ethyl adjacent to an activating group) is 1. The molecule has 1 aromatic carbocycles. The number of amides is 2. The van der Waals surface area contributed by atoms with E-state index in [4.69, 9.17) is 10.5 Å². The maximum absolute atomic E-state index is 13.7. The highest BCUT2D eigenvalue weighted by Crippen LogP contribution is 2.32. The lowest BCUT2D eigenvalue weighted by atomic mass is 10.1. The second-order valence-corrected chi connectivity index (χ2v) is 7.39. The Morgan fingerprint density at radius 3 is 2.66 bits per heavy atom. The Morgan fingerprint density at radius 1 is 1.38 bits per heavy atom. The van der Waals surface area contributed by atoms with Crippen molar-refractivity contribution >= 4 is 23.2 Å². The summed E-state index contributed by atoms with van der Waals surface area (Å²) in [6.07, 6.45) is -2.81. The molecule has 0 unspecified atom stereocenters. The van der Waals surface area contributed by atoms with Gasteiger partial charge in [-0.05, 0) is 30.7 Å². The van der Waals surface area contributed by atoms with Crippen molar-refractivity contribution in [1.82, 2.24) is 4.90 Å². The third-order valence-electron chi connectivity index (χ3n) is 4.80. The maximum atomic E-state index is 13.7. The number of ether oxygens (including phenoxy) is 1. The first kappa shape index (κ1) is 23.2. The van der Waals surface area contributed by atoms with Crippen LogP contribution in [0.25, 0.3) is 0 Å². The summed E-state index contributed by atoms with van der Waals surface area (Å²) < 4.78 is 32.4. The van der Waals surface area contributed by atoms with Crippen molar-refractivity contribution in [2.75, 3.05) is 49.6 Å². The summed E-state index contributed by atoms with van der Waals surface area (Å²) in [7, 11) is 0. The lowest BCUT2D eigenvalue weighted by Crippen LogP contribution is -2.49. The molecule has 0 spiro atoms. The number of nitrogens with two attached hydrogens (primary N) is 1. The molecule has 1 fully saturated rings. The van der Waals surface area contributed by atoms with Gasteiger partial charge in [-0.3, -0.25) is 14.5 Å². The van der Waals surface area contributed by atoms with E-state index in [-0.39, 0.29) is 30.3 Å². The van der Waals surface area contributed by atoms with Gasteiger partial charge in [0.05, 0.1) is 6.61 Å². The number of carbonyl (C=O) groups excluding carboxylic acids is 2. The summed E-state index contributed by atoms with van der Waals surface area (Å²) in [6.45, 7) is 7.93. The molecule has 1 aliphatic rings. The minimum Gasteiger partial charge on any atom is -0.370 e. The Kier molecular flexibility index (Phi) is 8.48. The summed E-state index contributed by atoms with van der Waals surface area (Å²) in [4.78, 5) is 28.1. The summed E-state index contributed by atoms with van der Waals surface area (Å²) in [5.41, 5.74) is 5.85. The molecule has 1 aromatic rings. The van der Waals surface area contributed by atoms with Crippen LogP contribution in [-0.2, 0) is 14.3 Å². The van der Waals surface area contributed by atoms with E-state index in [9.17, 15) is 18.4 Å². The lowest BCUT2D eigenvalue weighted by molar-refractivity contribution is -0.125. The molecular formula is C20H30F2N4O3. The fourth-order valence-corrected chi connectivity index (χ4v) is 3.39. The molecule has 1 atom stereocenters. The second kappa shape index (κ2) is 10.6. The van der Waals surface area contributed by atoms with E-state index in [0.717, 1.165) is 0 Å². The van der Waals surface area contributed by atoms with Crippen LogP contribution < -0.4 is 16.0 Å². The Balaban J connectivity index is 2.24. The SMILES string of the molecule is CCN(CC(C)C)[C@H](CN)C(=O)Nc1ccc(N2CCOCC2=O)cc1C(F)F. The number of benzene rings is 1. The molecule has 29 heavy (non-hydrogen) atoms. The monoisotopic (exact) mass is 412 g/mol. The summed E-state index contributed by atoms with van der Waals surface area (Å²) >= 11 is 0. The molecule has 0 saturated carbocycles. The van der Waals surface area contributed by atoms with E-state index >= 15 is 0 Å². The highest BCUT2D eigenvalue weighted by Gasteiger charge is 2.27. The first-order valence-electron chi connectivity index (χ1n) is 9.83. The van der Waals surface area contributed by atoms with Crippen molar-refractivity contribution in [3.63, 3.8) is 0 Å². The fraction of sp³-hybridized carbons (Fsp3) is 0.600. The average molecular weight is 412 g/mol. The van der Waals surface area contributed by atoms with Crippen molar-refractivity contribution in [3.8, 4) is 0 Å². The zero-order valence-corrected chi connectivity index (χ0v) is 17.2. The third-order valence-corrected chi connectivity index (χ3v) is 4.80. The quantitative estimate of drug-likeness (QED) is 0.650. The molecule has 1 saturated heterocycles. The van der Waals surface area contributed by atoms with Crippen LogP contribution >= 0.6 is 0 Å². The van der Waals surface area contributed by atoms with Gasteiger partial charge in [0.2, 0.25) is 5.91 Å². The molecular weight excluding hydrogens is 382 g/mol. The number of hydrogen-bond acceptors (Lipinski definition) is 5. The molecule has 9 heteroatoms. The molecule has 0 aliphatic carbocycles. The zero-order chi connectivity index (χ0) is 21.6. The van der Waals surface area contributed by atoms with Crippen molar-refractivity contribution < 1.29 is 23.1 Å². The van der Waals surface area contributed by atoms with Gasteiger partial charge in [0.15, 0.2) is 0 Å². The van der Waals surface area contributed by atoms with Crippen LogP contribution in [0.2, 0.25) is 0 Å². The van der Waals surface area contributed by atoms with Gasteiger partial charge >= 0.3 is 0 Å². The van der Waals surface area contributed by atoms with Crippen LogP contribution in [0.5, 0.6) is 0 Å². The van der Waals surface area contributed by atoms with Gasteiger partial charge in [-0.25, -0.2) is 8.78 Å². The summed E-state index contributed by atoms with van der Waals surface area (Å²) in [5, 5.41) is 2.60. The van der Waals surface area contributed by atoms with Crippen LogP contribution in [0.4, 0.5) is 20.2 Å². The molecule has 1 heterocycles. The Bertz CT molecular complexity index is 715. The van der Waals surface area contributed by atoms with Gasteiger partial charge in [-0.2, -0.15) is 0 Å². The molecule has 0 aromatic heterocycles. The van der Waals surface area contributed by atoms with Gasteiger partial charge < -0.3 is 20.7 Å². The third kappa shape index (κ3) is 5.94. The standard InChI is InChI=1S/C20H30F2N4O3/c1-4-25(11-13(2)3)17(10-23)20(28)24-16-6-5-14(9-15(16)19(21)22)26-7-8-29-12-18(26)27/h5-6,9,13,17,19H,4,7-8,10-12,23H2,1-3H3,(H,24,28)/t17-/m1/s1. The molecule has 0 bridgehead atoms. The Labute approximate surface area is 170 Å². The van der Waals surface area contributed by atoms with E-state index in [1.54, 1.807) is 6.07 Å². The number of morpholine rings is 1. The highest BCUT2D eigenvalue weighted by atomic mass is 19.3. The molecule has 3 N–H and O–H groups in total. The zero-order valence-electron chi connectivity index (χ0n) is 17.2. The number of nitrogens with one attached hydrogen (secondary N) is 1. The lowest BCUT2D eigenvalue weighted by Gasteiger charge is -2.30. The van der Waals surface area contributed by atoms with Crippen LogP contribution in [0.3, 0.4) is 0 Å². The topological polar surface area (TPSA) is 87.9 Å². The number of hydrogen-bond donors (Lipinski definition) is 2. The molecule has 0 radical (unpaired) electrons. The first-order valence-corrected chi connectivity index (χ1v) is 9.83. The maximum Gasteiger partial charge on any atom is 0.265 e. The normalized spacial score (nSPS) is 16.0. The van der Waals surface area contributed by atoms with Crippen LogP contribution in [-0.4, -0.2) is 62.1 Å². The van der Waals surface area contributed by atoms with Crippen molar-refractivity contribution in [2.45, 2.75) is 33.2 Å². The van der Waals surface area contributed by atoms with Crippen molar-refractivity contribution in [2.24, 2.45) is 11.7 Å². The smallest absolute Gasteiger partial charge is 0.265 e. The van der Waals surface area contributed by atoms with E-state index in [2.05, 4.69) is 5.32 Å². The van der Waals surface area contributed by atoms with Crippen molar-refractivity contribution in [3.05, 3.63) is 23.8 Å². The molecule has 162 valence electrons. The molecule has 2 rings (SSSR count). The van der Waals surface area contributed by atoms with Gasteiger partial charge in [0, 0.05) is 36.6 Å². The van der Waals surface area contributed by atoms with Gasteiger partial charge in [0.1, 0.15) is 12.6 Å². The summed E-state index contributed by atoms with van der Waals surface area (Å²) in [5.74, 6) is -0.380. The van der Waals surface area contributed by atoms with E-state index in [1.807, 2.05) is 25.7 Å². The number of rotatable bonds is 9. The number of halogens is 2. The van der Waals surface area contributed by atoms with Gasteiger partial charge in [-0.15, -0.1) is 0 Å². The second-order valence-electron chi connectivity index (χ2n) is 7.39. The average Bonchev–Trinajstić information content (AvgIpc) is 2.68. The number of anilines is 2. The Morgan fingerprint density at radius 2 is 2.10 bits per heavy atom. The molecule has 1 aliphatic heterocycles. The van der Waals surface area contributed by atoms with Crippen LogP contribution in [0.1, 0.15) is 32.8 Å². The van der Waals surface area contributed by atoms with Crippen LogP contribution in [0, 0.1) is 5.92 Å². The number of nitrogens with zero attached hydrogens (tertiary/aromatic N) is 2. The first-order chi connectivity index (χ1) is 13.8. The largest absolute Gasteiger partial charge is 0.370 e.